The Bertz CT molecular complexity index is 848. The molecule has 1 saturated heterocycles. The van der Waals surface area contributed by atoms with Gasteiger partial charge in [-0.25, -0.2) is 4.99 Å². The van der Waals surface area contributed by atoms with Gasteiger partial charge in [-0.15, -0.1) is 0 Å². The Kier molecular flexibility index (Phi) is 4.90. The van der Waals surface area contributed by atoms with Crippen LogP contribution in [0.4, 0.5) is 5.69 Å². The molecule has 0 atom stereocenters. The van der Waals surface area contributed by atoms with Crippen molar-refractivity contribution in [1.29, 1.82) is 0 Å². The number of halogens is 2. The highest BCUT2D eigenvalue weighted by Gasteiger charge is 2.23. The van der Waals surface area contributed by atoms with Gasteiger partial charge in [0.15, 0.2) is 5.17 Å². The Morgan fingerprint density at radius 1 is 1.26 bits per heavy atom. The number of aryl methyl sites for hydroxylation is 1. The quantitative estimate of drug-likeness (QED) is 0.686. The van der Waals surface area contributed by atoms with E-state index in [0.717, 1.165) is 15.6 Å². The first-order chi connectivity index (χ1) is 11.0. The standard InChI is InChI=1S/C17H12BrClN2OS/c1-10-5-6-13(9-14(10)19)20-17-21-16(22)15(23-17)8-11-3-2-4-12(18)7-11/h2-9H,1H3,(H,20,21,22)/b15-8-. The second kappa shape index (κ2) is 6.91. The van der Waals surface area contributed by atoms with E-state index < -0.39 is 0 Å². The predicted molar refractivity (Wildman–Crippen MR) is 101 cm³/mol. The molecule has 0 unspecified atom stereocenters. The van der Waals surface area contributed by atoms with Gasteiger partial charge in [-0.3, -0.25) is 4.79 Å². The molecule has 1 heterocycles. The molecule has 0 spiro atoms. The Labute approximate surface area is 152 Å². The van der Waals surface area contributed by atoms with Gasteiger partial charge in [0.2, 0.25) is 0 Å². The lowest BCUT2D eigenvalue weighted by atomic mass is 10.2. The highest BCUT2D eigenvalue weighted by atomic mass is 79.9. The average molecular weight is 408 g/mol. The van der Waals surface area contributed by atoms with Gasteiger partial charge in [-0.05, 0) is 60.2 Å². The summed E-state index contributed by atoms with van der Waals surface area (Å²) in [5.41, 5.74) is 2.66. The number of rotatable bonds is 2. The fourth-order valence-corrected chi connectivity index (χ4v) is 3.43. The number of amidine groups is 1. The van der Waals surface area contributed by atoms with E-state index >= 15 is 0 Å². The first-order valence-electron chi connectivity index (χ1n) is 6.82. The molecule has 0 aromatic heterocycles. The molecule has 3 nitrogen and oxygen atoms in total. The zero-order valence-corrected chi connectivity index (χ0v) is 15.3. The number of aliphatic imine (C=N–C) groups is 1. The van der Waals surface area contributed by atoms with Crippen LogP contribution in [0.2, 0.25) is 5.02 Å². The van der Waals surface area contributed by atoms with Crippen molar-refractivity contribution in [2.24, 2.45) is 4.99 Å². The molecule has 116 valence electrons. The van der Waals surface area contributed by atoms with E-state index in [2.05, 4.69) is 26.2 Å². The summed E-state index contributed by atoms with van der Waals surface area (Å²) in [7, 11) is 0. The second-order valence-electron chi connectivity index (χ2n) is 4.97. The lowest BCUT2D eigenvalue weighted by Crippen LogP contribution is -2.19. The number of amides is 1. The minimum atomic E-state index is -0.146. The van der Waals surface area contributed by atoms with E-state index in [-0.39, 0.29) is 5.91 Å². The average Bonchev–Trinajstić information content (AvgIpc) is 2.83. The van der Waals surface area contributed by atoms with E-state index in [1.54, 1.807) is 6.07 Å². The van der Waals surface area contributed by atoms with Crippen molar-refractivity contribution in [2.75, 3.05) is 0 Å². The highest BCUT2D eigenvalue weighted by Crippen LogP contribution is 2.29. The number of benzene rings is 2. The first kappa shape index (κ1) is 16.3. The molecule has 1 N–H and O–H groups in total. The van der Waals surface area contributed by atoms with Crippen LogP contribution in [0.5, 0.6) is 0 Å². The van der Waals surface area contributed by atoms with E-state index in [9.17, 15) is 4.79 Å². The first-order valence-corrected chi connectivity index (χ1v) is 8.81. The number of hydrogen-bond acceptors (Lipinski definition) is 3. The van der Waals surface area contributed by atoms with Gasteiger partial charge in [-0.1, -0.05) is 45.7 Å². The van der Waals surface area contributed by atoms with Gasteiger partial charge in [0.25, 0.3) is 5.91 Å². The fraction of sp³-hybridized carbons (Fsp3) is 0.0588. The van der Waals surface area contributed by atoms with Crippen molar-refractivity contribution in [2.45, 2.75) is 6.92 Å². The van der Waals surface area contributed by atoms with E-state index in [4.69, 9.17) is 11.6 Å². The molecule has 2 aromatic rings. The van der Waals surface area contributed by atoms with Gasteiger partial charge in [0.05, 0.1) is 10.6 Å². The minimum Gasteiger partial charge on any atom is -0.300 e. The molecular formula is C17H12BrClN2OS. The van der Waals surface area contributed by atoms with Crippen LogP contribution in [0.25, 0.3) is 6.08 Å². The predicted octanol–water partition coefficient (Wildman–Crippen LogP) is 5.30. The lowest BCUT2D eigenvalue weighted by Gasteiger charge is -2.00. The zero-order chi connectivity index (χ0) is 16.4. The number of carbonyl (C=O) groups excluding carboxylic acids is 1. The summed E-state index contributed by atoms with van der Waals surface area (Å²) >= 11 is 10.8. The van der Waals surface area contributed by atoms with Gasteiger partial charge in [0, 0.05) is 9.50 Å². The summed E-state index contributed by atoms with van der Waals surface area (Å²) < 4.78 is 0.971. The fourth-order valence-electron chi connectivity index (χ4n) is 2.00. The Balaban J connectivity index is 1.84. The Morgan fingerprint density at radius 3 is 2.83 bits per heavy atom. The summed E-state index contributed by atoms with van der Waals surface area (Å²) in [4.78, 5) is 17.1. The summed E-state index contributed by atoms with van der Waals surface area (Å²) in [5, 5.41) is 3.98. The SMILES string of the molecule is Cc1ccc(N=C2NC(=O)/C(=C/c3cccc(Br)c3)S2)cc1Cl. The van der Waals surface area contributed by atoms with E-state index in [1.165, 1.54) is 11.8 Å². The molecule has 2 aromatic carbocycles. The third-order valence-corrected chi connectivity index (χ3v) is 4.99. The van der Waals surface area contributed by atoms with Crippen molar-refractivity contribution in [3.05, 3.63) is 68.0 Å². The summed E-state index contributed by atoms with van der Waals surface area (Å²) in [6.07, 6.45) is 1.84. The number of nitrogens with one attached hydrogen (secondary N) is 1. The van der Waals surface area contributed by atoms with Crippen molar-refractivity contribution >= 4 is 62.1 Å². The molecule has 1 aliphatic heterocycles. The highest BCUT2D eigenvalue weighted by molar-refractivity contribution is 9.10. The monoisotopic (exact) mass is 406 g/mol. The number of nitrogens with zero attached hydrogens (tertiary/aromatic N) is 1. The molecule has 0 bridgehead atoms. The molecule has 0 radical (unpaired) electrons. The largest absolute Gasteiger partial charge is 0.300 e. The third kappa shape index (κ3) is 4.05. The third-order valence-electron chi connectivity index (χ3n) is 3.18. The maximum atomic E-state index is 12.1. The molecule has 1 amide bonds. The van der Waals surface area contributed by atoms with Gasteiger partial charge < -0.3 is 5.32 Å². The van der Waals surface area contributed by atoms with E-state index in [0.29, 0.717) is 20.8 Å². The molecule has 23 heavy (non-hydrogen) atoms. The van der Waals surface area contributed by atoms with Crippen LogP contribution in [0, 0.1) is 6.92 Å². The van der Waals surface area contributed by atoms with Crippen LogP contribution in [-0.2, 0) is 4.79 Å². The zero-order valence-electron chi connectivity index (χ0n) is 12.1. The van der Waals surface area contributed by atoms with Crippen molar-refractivity contribution in [1.82, 2.24) is 5.32 Å². The van der Waals surface area contributed by atoms with Crippen molar-refractivity contribution in [3.8, 4) is 0 Å². The maximum absolute atomic E-state index is 12.1. The molecule has 1 fully saturated rings. The van der Waals surface area contributed by atoms with Crippen LogP contribution in [0.15, 0.2) is 56.8 Å². The Hall–Kier alpha value is -1.56. The minimum absolute atomic E-state index is 0.146. The summed E-state index contributed by atoms with van der Waals surface area (Å²) in [6.45, 7) is 1.93. The molecule has 0 aliphatic carbocycles. The van der Waals surface area contributed by atoms with Crippen LogP contribution in [-0.4, -0.2) is 11.1 Å². The lowest BCUT2D eigenvalue weighted by molar-refractivity contribution is -0.115. The summed E-state index contributed by atoms with van der Waals surface area (Å²) in [6, 6.07) is 13.3. The molecule has 6 heteroatoms. The van der Waals surface area contributed by atoms with Gasteiger partial charge >= 0.3 is 0 Å². The van der Waals surface area contributed by atoms with Crippen molar-refractivity contribution < 1.29 is 4.79 Å². The summed E-state index contributed by atoms with van der Waals surface area (Å²) in [5.74, 6) is -0.146. The van der Waals surface area contributed by atoms with Crippen LogP contribution in [0.3, 0.4) is 0 Å². The molecule has 1 aliphatic rings. The topological polar surface area (TPSA) is 41.5 Å². The smallest absolute Gasteiger partial charge is 0.264 e. The molecular weight excluding hydrogens is 396 g/mol. The normalized spacial score (nSPS) is 17.8. The van der Waals surface area contributed by atoms with E-state index in [1.807, 2.05) is 49.4 Å². The molecule has 0 saturated carbocycles. The second-order valence-corrected chi connectivity index (χ2v) is 7.32. The molecule has 3 rings (SSSR count). The maximum Gasteiger partial charge on any atom is 0.264 e. The van der Waals surface area contributed by atoms with Crippen molar-refractivity contribution in [3.63, 3.8) is 0 Å². The number of carbonyl (C=O) groups is 1. The Morgan fingerprint density at radius 2 is 2.09 bits per heavy atom. The number of thioether (sulfide) groups is 1. The number of hydrogen-bond donors (Lipinski definition) is 1. The van der Waals surface area contributed by atoms with Crippen LogP contribution in [0.1, 0.15) is 11.1 Å². The van der Waals surface area contributed by atoms with Gasteiger partial charge in [-0.2, -0.15) is 0 Å². The van der Waals surface area contributed by atoms with Gasteiger partial charge in [0.1, 0.15) is 0 Å². The van der Waals surface area contributed by atoms with Crippen LogP contribution < -0.4 is 5.32 Å². The van der Waals surface area contributed by atoms with Crippen LogP contribution >= 0.6 is 39.3 Å².